The van der Waals surface area contributed by atoms with E-state index >= 15 is 0 Å². The summed E-state index contributed by atoms with van der Waals surface area (Å²) in [5.41, 5.74) is 2.91. The van der Waals surface area contributed by atoms with Crippen molar-refractivity contribution >= 4 is 6.03 Å². The first-order valence-electron chi connectivity index (χ1n) is 9.97. The van der Waals surface area contributed by atoms with Crippen LogP contribution in [-0.2, 0) is 13.5 Å². The lowest BCUT2D eigenvalue weighted by Crippen LogP contribution is -2.45. The van der Waals surface area contributed by atoms with Crippen LogP contribution in [0.5, 0.6) is 5.75 Å². The number of amides is 2. The predicted molar refractivity (Wildman–Crippen MR) is 104 cm³/mol. The standard InChI is InChI=1S/C21H27FN4O2/c1-25-13-16-17(6-4-7-18(16)24-25)23-21(27)26-11-9-14(10-12-26)15-5-3-8-19(28-2)20(15)22/h3,5,8,13-14,17H,4,6-7,9-12H2,1-2H3,(H,23,27). The minimum absolute atomic E-state index is 0.0264. The second-order valence-electron chi connectivity index (χ2n) is 7.72. The molecule has 1 atom stereocenters. The molecule has 2 aliphatic rings. The number of hydrogen-bond acceptors (Lipinski definition) is 3. The Kier molecular flexibility index (Phi) is 5.24. The number of benzene rings is 1. The molecular formula is C21H27FN4O2. The van der Waals surface area contributed by atoms with E-state index in [1.54, 1.807) is 6.07 Å². The molecule has 1 aromatic heterocycles. The minimum atomic E-state index is -0.279. The lowest BCUT2D eigenvalue weighted by molar-refractivity contribution is 0.176. The highest BCUT2D eigenvalue weighted by Gasteiger charge is 2.29. The number of likely N-dealkylation sites (tertiary alicyclic amines) is 1. The largest absolute Gasteiger partial charge is 0.494 e. The van der Waals surface area contributed by atoms with Crippen molar-refractivity contribution in [2.75, 3.05) is 20.2 Å². The molecule has 6 nitrogen and oxygen atoms in total. The second kappa shape index (κ2) is 7.81. The third-order valence-electron chi connectivity index (χ3n) is 5.95. The van der Waals surface area contributed by atoms with Gasteiger partial charge in [-0.3, -0.25) is 4.68 Å². The highest BCUT2D eigenvalue weighted by atomic mass is 19.1. The zero-order valence-corrected chi connectivity index (χ0v) is 16.4. The number of ether oxygens (including phenoxy) is 1. The molecule has 1 aliphatic carbocycles. The van der Waals surface area contributed by atoms with Crippen LogP contribution in [-0.4, -0.2) is 40.9 Å². The highest BCUT2D eigenvalue weighted by molar-refractivity contribution is 5.75. The highest BCUT2D eigenvalue weighted by Crippen LogP contribution is 2.34. The number of halogens is 1. The summed E-state index contributed by atoms with van der Waals surface area (Å²) in [4.78, 5) is 14.6. The number of aromatic nitrogens is 2. The Balaban J connectivity index is 1.37. The number of urea groups is 1. The fourth-order valence-electron chi connectivity index (χ4n) is 4.45. The fourth-order valence-corrected chi connectivity index (χ4v) is 4.45. The molecule has 150 valence electrons. The molecule has 28 heavy (non-hydrogen) atoms. The van der Waals surface area contributed by atoms with Crippen molar-refractivity contribution in [1.82, 2.24) is 20.0 Å². The van der Waals surface area contributed by atoms with E-state index in [2.05, 4.69) is 10.4 Å². The number of nitrogens with zero attached hydrogens (tertiary/aromatic N) is 3. The van der Waals surface area contributed by atoms with Gasteiger partial charge in [-0.15, -0.1) is 0 Å². The van der Waals surface area contributed by atoms with Gasteiger partial charge < -0.3 is 15.0 Å². The zero-order chi connectivity index (χ0) is 19.7. The molecular weight excluding hydrogens is 359 g/mol. The number of piperidine rings is 1. The molecule has 1 saturated heterocycles. The zero-order valence-electron chi connectivity index (χ0n) is 16.4. The summed E-state index contributed by atoms with van der Waals surface area (Å²) in [5, 5.41) is 7.68. The quantitative estimate of drug-likeness (QED) is 0.878. The van der Waals surface area contributed by atoms with Crippen LogP contribution in [0, 0.1) is 5.82 Å². The maximum Gasteiger partial charge on any atom is 0.317 e. The summed E-state index contributed by atoms with van der Waals surface area (Å²) >= 11 is 0. The molecule has 2 aromatic rings. The summed E-state index contributed by atoms with van der Waals surface area (Å²) in [7, 11) is 3.40. The average Bonchev–Trinajstić information content (AvgIpc) is 3.09. The Morgan fingerprint density at radius 1 is 1.25 bits per heavy atom. The van der Waals surface area contributed by atoms with Crippen LogP contribution < -0.4 is 10.1 Å². The van der Waals surface area contributed by atoms with Gasteiger partial charge in [-0.25, -0.2) is 9.18 Å². The molecule has 4 rings (SSSR count). The van der Waals surface area contributed by atoms with Gasteiger partial charge in [0.1, 0.15) is 0 Å². The third kappa shape index (κ3) is 3.57. The molecule has 1 fully saturated rings. The van der Waals surface area contributed by atoms with Crippen molar-refractivity contribution in [1.29, 1.82) is 0 Å². The SMILES string of the molecule is COc1cccc(C2CCN(C(=O)NC3CCCc4nn(C)cc43)CC2)c1F. The van der Waals surface area contributed by atoms with Gasteiger partial charge >= 0.3 is 6.03 Å². The summed E-state index contributed by atoms with van der Waals surface area (Å²) < 4.78 is 21.5. The fraction of sp³-hybridized carbons (Fsp3) is 0.524. The van der Waals surface area contributed by atoms with Gasteiger partial charge in [-0.2, -0.15) is 5.10 Å². The first-order valence-corrected chi connectivity index (χ1v) is 9.97. The van der Waals surface area contributed by atoms with Crippen molar-refractivity contribution in [2.24, 2.45) is 7.05 Å². The van der Waals surface area contributed by atoms with Gasteiger partial charge in [0.15, 0.2) is 11.6 Å². The maximum absolute atomic E-state index is 14.5. The van der Waals surface area contributed by atoms with E-state index in [0.717, 1.165) is 43.4 Å². The first kappa shape index (κ1) is 18.8. The van der Waals surface area contributed by atoms with Crippen LogP contribution >= 0.6 is 0 Å². The van der Waals surface area contributed by atoms with E-state index in [1.807, 2.05) is 35.0 Å². The van der Waals surface area contributed by atoms with E-state index < -0.39 is 0 Å². The summed E-state index contributed by atoms with van der Waals surface area (Å²) in [6.45, 7) is 1.25. The first-order chi connectivity index (χ1) is 13.6. The summed E-state index contributed by atoms with van der Waals surface area (Å²) in [6.07, 6.45) is 6.46. The van der Waals surface area contributed by atoms with Gasteiger partial charge in [-0.05, 0) is 49.7 Å². The summed E-state index contributed by atoms with van der Waals surface area (Å²) in [6, 6.07) is 5.28. The van der Waals surface area contributed by atoms with E-state index in [9.17, 15) is 9.18 Å². The number of fused-ring (bicyclic) bond motifs is 1. The Hall–Kier alpha value is -2.57. The van der Waals surface area contributed by atoms with Crippen molar-refractivity contribution < 1.29 is 13.9 Å². The molecule has 1 N–H and O–H groups in total. The minimum Gasteiger partial charge on any atom is -0.494 e. The molecule has 1 aliphatic heterocycles. The maximum atomic E-state index is 14.5. The molecule has 1 unspecified atom stereocenters. The molecule has 7 heteroatoms. The number of aryl methyl sites for hydroxylation is 2. The Morgan fingerprint density at radius 2 is 2.04 bits per heavy atom. The molecule has 2 heterocycles. The third-order valence-corrected chi connectivity index (χ3v) is 5.95. The van der Waals surface area contributed by atoms with Crippen LogP contribution in [0.15, 0.2) is 24.4 Å². The molecule has 0 saturated carbocycles. The van der Waals surface area contributed by atoms with Crippen LogP contribution in [0.3, 0.4) is 0 Å². The number of methoxy groups -OCH3 is 1. The number of carbonyl (C=O) groups excluding carboxylic acids is 1. The van der Waals surface area contributed by atoms with Crippen LogP contribution in [0.4, 0.5) is 9.18 Å². The van der Waals surface area contributed by atoms with E-state index in [0.29, 0.717) is 18.7 Å². The number of hydrogen-bond donors (Lipinski definition) is 1. The molecule has 1 aromatic carbocycles. The lowest BCUT2D eigenvalue weighted by Gasteiger charge is -2.34. The van der Waals surface area contributed by atoms with Crippen molar-refractivity contribution in [2.45, 2.75) is 44.1 Å². The molecule has 2 amide bonds. The number of nitrogens with one attached hydrogen (secondary N) is 1. The summed E-state index contributed by atoms with van der Waals surface area (Å²) in [5.74, 6) is 0.111. The van der Waals surface area contributed by atoms with Crippen LogP contribution in [0.1, 0.15) is 54.5 Å². The van der Waals surface area contributed by atoms with Gasteiger partial charge in [-0.1, -0.05) is 12.1 Å². The Morgan fingerprint density at radius 3 is 2.79 bits per heavy atom. The van der Waals surface area contributed by atoms with E-state index in [1.165, 1.54) is 7.11 Å². The topological polar surface area (TPSA) is 59.4 Å². The monoisotopic (exact) mass is 386 g/mol. The van der Waals surface area contributed by atoms with Crippen LogP contribution in [0.25, 0.3) is 0 Å². The molecule has 0 bridgehead atoms. The smallest absolute Gasteiger partial charge is 0.317 e. The van der Waals surface area contributed by atoms with E-state index in [4.69, 9.17) is 4.74 Å². The Bertz CT molecular complexity index is 858. The van der Waals surface area contributed by atoms with E-state index in [-0.39, 0.29) is 29.6 Å². The second-order valence-corrected chi connectivity index (χ2v) is 7.72. The van der Waals surface area contributed by atoms with Gasteiger partial charge in [0.2, 0.25) is 0 Å². The lowest BCUT2D eigenvalue weighted by atomic mass is 9.89. The number of carbonyl (C=O) groups is 1. The van der Waals surface area contributed by atoms with Gasteiger partial charge in [0.05, 0.1) is 18.8 Å². The van der Waals surface area contributed by atoms with Gasteiger partial charge in [0, 0.05) is 31.9 Å². The van der Waals surface area contributed by atoms with Crippen molar-refractivity contribution in [3.63, 3.8) is 0 Å². The molecule has 0 radical (unpaired) electrons. The Labute approximate surface area is 164 Å². The predicted octanol–water partition coefficient (Wildman–Crippen LogP) is 3.53. The van der Waals surface area contributed by atoms with Gasteiger partial charge in [0.25, 0.3) is 0 Å². The average molecular weight is 386 g/mol. The van der Waals surface area contributed by atoms with Crippen molar-refractivity contribution in [3.05, 3.63) is 47.0 Å². The normalized spacial score (nSPS) is 20.0. The molecule has 0 spiro atoms. The number of rotatable bonds is 3. The van der Waals surface area contributed by atoms with Crippen LogP contribution in [0.2, 0.25) is 0 Å². The van der Waals surface area contributed by atoms with Crippen molar-refractivity contribution in [3.8, 4) is 5.75 Å².